The van der Waals surface area contributed by atoms with Crippen molar-refractivity contribution in [1.29, 1.82) is 0 Å². The van der Waals surface area contributed by atoms with Crippen LogP contribution in [0.4, 0.5) is 5.69 Å². The van der Waals surface area contributed by atoms with E-state index in [1.807, 2.05) is 36.4 Å². The average molecular weight is 439 g/mol. The summed E-state index contributed by atoms with van der Waals surface area (Å²) in [5.74, 6) is -0.612. The van der Waals surface area contributed by atoms with Gasteiger partial charge in [0, 0.05) is 17.7 Å². The van der Waals surface area contributed by atoms with Crippen molar-refractivity contribution < 1.29 is 13.2 Å². The first-order valence-corrected chi connectivity index (χ1v) is 11.8. The van der Waals surface area contributed by atoms with Gasteiger partial charge >= 0.3 is 0 Å². The molecular formula is C23H22N2O3S2. The molecule has 1 aromatic heterocycles. The van der Waals surface area contributed by atoms with Gasteiger partial charge in [0.1, 0.15) is 5.01 Å². The number of carbonyl (C=O) groups excluding carboxylic acids is 1. The maximum Gasteiger partial charge on any atom is 0.225 e. The third kappa shape index (κ3) is 5.31. The molecule has 30 heavy (non-hydrogen) atoms. The molecule has 0 unspecified atom stereocenters. The van der Waals surface area contributed by atoms with Gasteiger partial charge in [-0.15, -0.1) is 11.3 Å². The lowest BCUT2D eigenvalue weighted by molar-refractivity contribution is -0.115. The lowest BCUT2D eigenvalue weighted by Crippen LogP contribution is -2.17. The summed E-state index contributed by atoms with van der Waals surface area (Å²) in [5.41, 5.74) is 2.53. The number of nitrogens with one attached hydrogen (secondary N) is 1. The Hall–Kier alpha value is -3.03. The van der Waals surface area contributed by atoms with Crippen LogP contribution in [0.5, 0.6) is 0 Å². The van der Waals surface area contributed by atoms with E-state index in [1.165, 1.54) is 18.2 Å². The number of thiazole rings is 1. The van der Waals surface area contributed by atoms with E-state index in [0.29, 0.717) is 5.69 Å². The molecule has 0 saturated heterocycles. The highest BCUT2D eigenvalue weighted by Crippen LogP contribution is 2.30. The highest BCUT2D eigenvalue weighted by molar-refractivity contribution is 7.95. The van der Waals surface area contributed by atoms with Gasteiger partial charge in [-0.05, 0) is 49.4 Å². The first-order valence-electron chi connectivity index (χ1n) is 9.37. The Bertz CT molecular complexity index is 1190. The molecule has 1 N–H and O–H groups in total. The van der Waals surface area contributed by atoms with Crippen LogP contribution in [0.15, 0.2) is 84.3 Å². The van der Waals surface area contributed by atoms with E-state index < -0.39 is 9.84 Å². The molecule has 3 rings (SSSR count). The van der Waals surface area contributed by atoms with Crippen molar-refractivity contribution in [1.82, 2.24) is 4.98 Å². The minimum atomic E-state index is -3.53. The van der Waals surface area contributed by atoms with Crippen molar-refractivity contribution in [2.24, 2.45) is 0 Å². The second-order valence-corrected chi connectivity index (χ2v) is 9.61. The summed E-state index contributed by atoms with van der Waals surface area (Å²) in [5, 5.41) is 3.65. The second kappa shape index (κ2) is 9.65. The Balaban J connectivity index is 1.62. The summed E-state index contributed by atoms with van der Waals surface area (Å²) in [6.45, 7) is 5.18. The normalized spacial score (nSPS) is 12.4. The van der Waals surface area contributed by atoms with Crippen LogP contribution in [0.25, 0.3) is 20.8 Å². The third-order valence-electron chi connectivity index (χ3n) is 4.35. The smallest absolute Gasteiger partial charge is 0.225 e. The van der Waals surface area contributed by atoms with Gasteiger partial charge in [0.05, 0.1) is 20.9 Å². The molecule has 2 aromatic carbocycles. The number of para-hydroxylation sites is 1. The number of sulfone groups is 1. The highest BCUT2D eigenvalue weighted by atomic mass is 32.2. The van der Waals surface area contributed by atoms with Crippen molar-refractivity contribution in [3.63, 3.8) is 0 Å². The molecule has 0 spiro atoms. The summed E-state index contributed by atoms with van der Waals surface area (Å²) in [4.78, 5) is 17.0. The third-order valence-corrected chi connectivity index (χ3v) is 7.26. The number of nitrogens with zero attached hydrogens (tertiary/aromatic N) is 1. The van der Waals surface area contributed by atoms with Crippen LogP contribution in [-0.2, 0) is 14.6 Å². The SMILES string of the molecule is C=C/C=C\C(=C/C)S(=O)(=O)CCC(=O)Nc1ccc(-c2nc3ccccc3s2)cc1. The van der Waals surface area contributed by atoms with E-state index in [-0.39, 0.29) is 23.0 Å². The number of amides is 1. The molecule has 5 nitrogen and oxygen atoms in total. The van der Waals surface area contributed by atoms with Gasteiger partial charge in [-0.2, -0.15) is 0 Å². The second-order valence-electron chi connectivity index (χ2n) is 6.47. The van der Waals surface area contributed by atoms with Crippen molar-refractivity contribution in [3.8, 4) is 10.6 Å². The molecule has 1 amide bonds. The largest absolute Gasteiger partial charge is 0.326 e. The number of benzene rings is 2. The van der Waals surface area contributed by atoms with Crippen LogP contribution in [0.3, 0.4) is 0 Å². The van der Waals surface area contributed by atoms with Crippen molar-refractivity contribution in [3.05, 3.63) is 84.3 Å². The number of hydrogen-bond acceptors (Lipinski definition) is 5. The molecule has 0 atom stereocenters. The maximum atomic E-state index is 12.4. The van der Waals surface area contributed by atoms with E-state index in [1.54, 1.807) is 36.5 Å². The van der Waals surface area contributed by atoms with Gasteiger partial charge in [0.2, 0.25) is 5.91 Å². The summed E-state index contributed by atoms with van der Waals surface area (Å²) in [7, 11) is -3.53. The monoisotopic (exact) mass is 438 g/mol. The molecule has 7 heteroatoms. The molecule has 0 saturated carbocycles. The molecule has 1 heterocycles. The van der Waals surface area contributed by atoms with Gasteiger partial charge in [0.25, 0.3) is 0 Å². The maximum absolute atomic E-state index is 12.4. The minimum Gasteiger partial charge on any atom is -0.326 e. The fourth-order valence-corrected chi connectivity index (χ4v) is 5.11. The number of fused-ring (bicyclic) bond motifs is 1. The van der Waals surface area contributed by atoms with Crippen LogP contribution < -0.4 is 5.32 Å². The molecule has 154 valence electrons. The van der Waals surface area contributed by atoms with E-state index in [0.717, 1.165) is 20.8 Å². The molecule has 0 bridgehead atoms. The van der Waals surface area contributed by atoms with E-state index >= 15 is 0 Å². The molecule has 0 aliphatic carbocycles. The number of anilines is 1. The van der Waals surface area contributed by atoms with Crippen LogP contribution >= 0.6 is 11.3 Å². The molecule has 0 aliphatic heterocycles. The van der Waals surface area contributed by atoms with Crippen molar-refractivity contribution in [2.75, 3.05) is 11.1 Å². The van der Waals surface area contributed by atoms with Crippen LogP contribution in [-0.4, -0.2) is 25.1 Å². The summed E-state index contributed by atoms with van der Waals surface area (Å²) >= 11 is 1.61. The van der Waals surface area contributed by atoms with E-state index in [9.17, 15) is 13.2 Å². The molecule has 0 fully saturated rings. The predicted octanol–water partition coefficient (Wildman–Crippen LogP) is 5.35. The first-order chi connectivity index (χ1) is 14.4. The van der Waals surface area contributed by atoms with E-state index in [4.69, 9.17) is 0 Å². The molecule has 0 radical (unpaired) electrons. The zero-order valence-electron chi connectivity index (χ0n) is 16.5. The van der Waals surface area contributed by atoms with Gasteiger partial charge in [-0.3, -0.25) is 4.79 Å². The van der Waals surface area contributed by atoms with Crippen LogP contribution in [0.1, 0.15) is 13.3 Å². The zero-order chi connectivity index (χ0) is 21.6. The fourth-order valence-electron chi connectivity index (χ4n) is 2.80. The first kappa shape index (κ1) is 21.7. The number of rotatable bonds is 8. The minimum absolute atomic E-state index is 0.124. The Labute approximate surface area is 180 Å². The highest BCUT2D eigenvalue weighted by Gasteiger charge is 2.17. The Morgan fingerprint density at radius 3 is 2.57 bits per heavy atom. The van der Waals surface area contributed by atoms with Crippen molar-refractivity contribution >= 4 is 43.0 Å². The Kier molecular flexibility index (Phi) is 6.97. The Morgan fingerprint density at radius 2 is 1.90 bits per heavy atom. The number of carbonyl (C=O) groups is 1. The standard InChI is InChI=1S/C23H22N2O3S2/c1-3-5-8-19(4-2)30(27,28)16-15-22(26)24-18-13-11-17(12-14-18)23-25-20-9-6-7-10-21(20)29-23/h3-14H,1,15-16H2,2H3,(H,24,26)/b8-5-,19-4+. The van der Waals surface area contributed by atoms with Gasteiger partial charge < -0.3 is 5.32 Å². The number of aromatic nitrogens is 1. The van der Waals surface area contributed by atoms with Gasteiger partial charge in [-0.25, -0.2) is 13.4 Å². The lowest BCUT2D eigenvalue weighted by Gasteiger charge is -2.07. The van der Waals surface area contributed by atoms with Crippen molar-refractivity contribution in [2.45, 2.75) is 13.3 Å². The zero-order valence-corrected chi connectivity index (χ0v) is 18.2. The van der Waals surface area contributed by atoms with Crippen LogP contribution in [0, 0.1) is 0 Å². The fraction of sp³-hybridized carbons (Fsp3) is 0.130. The average Bonchev–Trinajstić information content (AvgIpc) is 3.17. The molecule has 3 aromatic rings. The molecule has 0 aliphatic rings. The summed E-state index contributed by atoms with van der Waals surface area (Å²) < 4.78 is 25.8. The summed E-state index contributed by atoms with van der Waals surface area (Å²) in [6.07, 6.45) is 5.92. The summed E-state index contributed by atoms with van der Waals surface area (Å²) in [6, 6.07) is 15.3. The molecular weight excluding hydrogens is 416 g/mol. The lowest BCUT2D eigenvalue weighted by atomic mass is 10.2. The quantitative estimate of drug-likeness (QED) is 0.481. The Morgan fingerprint density at radius 1 is 1.17 bits per heavy atom. The van der Waals surface area contributed by atoms with Gasteiger partial charge in [0.15, 0.2) is 9.84 Å². The number of hydrogen-bond donors (Lipinski definition) is 1. The number of allylic oxidation sites excluding steroid dienone is 4. The van der Waals surface area contributed by atoms with Gasteiger partial charge in [-0.1, -0.05) is 36.9 Å². The van der Waals surface area contributed by atoms with Crippen LogP contribution in [0.2, 0.25) is 0 Å². The van der Waals surface area contributed by atoms with E-state index in [2.05, 4.69) is 16.9 Å². The predicted molar refractivity (Wildman–Crippen MR) is 125 cm³/mol. The topological polar surface area (TPSA) is 76.1 Å².